The second-order valence-electron chi connectivity index (χ2n) is 3.68. The highest BCUT2D eigenvalue weighted by Crippen LogP contribution is 2.25. The molecule has 4 heteroatoms. The highest BCUT2D eigenvalue weighted by molar-refractivity contribution is 9.10. The molecule has 0 aliphatic rings. The van der Waals surface area contributed by atoms with Crippen molar-refractivity contribution in [3.63, 3.8) is 0 Å². The Bertz CT molecular complexity index is 579. The van der Waals surface area contributed by atoms with E-state index in [-0.39, 0.29) is 5.78 Å². The van der Waals surface area contributed by atoms with Crippen LogP contribution in [0.5, 0.6) is 5.75 Å². The number of methoxy groups -OCH3 is 1. The van der Waals surface area contributed by atoms with E-state index in [1.807, 2.05) is 0 Å². The Balaban J connectivity index is 2.42. The molecule has 0 spiro atoms. The molecule has 2 aromatic rings. The zero-order chi connectivity index (χ0) is 13.1. The van der Waals surface area contributed by atoms with Gasteiger partial charge in [-0.15, -0.1) is 0 Å². The minimum Gasteiger partial charge on any atom is -0.497 e. The van der Waals surface area contributed by atoms with Crippen LogP contribution in [-0.2, 0) is 0 Å². The summed E-state index contributed by atoms with van der Waals surface area (Å²) in [7, 11) is 1.57. The Hall–Kier alpha value is -1.32. The summed E-state index contributed by atoms with van der Waals surface area (Å²) in [6.45, 7) is 0. The number of rotatable bonds is 3. The van der Waals surface area contributed by atoms with Crippen LogP contribution in [0.1, 0.15) is 15.9 Å². The van der Waals surface area contributed by atoms with Crippen molar-refractivity contribution < 1.29 is 9.53 Å². The summed E-state index contributed by atoms with van der Waals surface area (Å²) in [6, 6.07) is 12.1. The molecule has 0 radical (unpaired) electrons. The summed E-state index contributed by atoms with van der Waals surface area (Å²) in [5, 5.41) is 0.608. The largest absolute Gasteiger partial charge is 0.497 e. The number of carbonyl (C=O) groups excluding carboxylic acids is 1. The molecule has 0 N–H and O–H groups in total. The first-order chi connectivity index (χ1) is 8.61. The van der Waals surface area contributed by atoms with E-state index in [1.165, 1.54) is 0 Å². The molecule has 0 aliphatic carbocycles. The number of benzene rings is 2. The van der Waals surface area contributed by atoms with Crippen molar-refractivity contribution in [2.45, 2.75) is 0 Å². The van der Waals surface area contributed by atoms with Crippen molar-refractivity contribution >= 4 is 33.3 Å². The van der Waals surface area contributed by atoms with Crippen LogP contribution in [0.4, 0.5) is 0 Å². The van der Waals surface area contributed by atoms with Crippen LogP contribution in [0.3, 0.4) is 0 Å². The third-order valence-corrected chi connectivity index (χ3v) is 3.47. The fraction of sp³-hybridized carbons (Fsp3) is 0.0714. The van der Waals surface area contributed by atoms with Gasteiger partial charge in [0.1, 0.15) is 5.75 Å². The zero-order valence-corrected chi connectivity index (χ0v) is 12.0. The molecule has 0 saturated carbocycles. The molecule has 2 rings (SSSR count). The van der Waals surface area contributed by atoms with Gasteiger partial charge in [-0.3, -0.25) is 4.79 Å². The smallest absolute Gasteiger partial charge is 0.194 e. The van der Waals surface area contributed by atoms with Gasteiger partial charge in [0, 0.05) is 20.6 Å². The Morgan fingerprint density at radius 3 is 2.44 bits per heavy atom. The summed E-state index contributed by atoms with van der Waals surface area (Å²) in [6.07, 6.45) is 0. The normalized spacial score (nSPS) is 10.2. The molecular formula is C14H10BrClO2. The van der Waals surface area contributed by atoms with E-state index in [1.54, 1.807) is 49.6 Å². The van der Waals surface area contributed by atoms with Crippen molar-refractivity contribution in [3.8, 4) is 5.75 Å². The second kappa shape index (κ2) is 5.55. The molecule has 92 valence electrons. The zero-order valence-electron chi connectivity index (χ0n) is 9.61. The number of halogens is 2. The monoisotopic (exact) mass is 324 g/mol. The number of ketones is 1. The van der Waals surface area contributed by atoms with Crippen LogP contribution in [0.25, 0.3) is 0 Å². The first-order valence-corrected chi connectivity index (χ1v) is 6.42. The van der Waals surface area contributed by atoms with Gasteiger partial charge in [-0.2, -0.15) is 0 Å². The van der Waals surface area contributed by atoms with Crippen LogP contribution in [0.15, 0.2) is 46.9 Å². The van der Waals surface area contributed by atoms with E-state index >= 15 is 0 Å². The summed E-state index contributed by atoms with van der Waals surface area (Å²) < 4.78 is 5.86. The Morgan fingerprint density at radius 2 is 1.83 bits per heavy atom. The minimum absolute atomic E-state index is 0.0718. The van der Waals surface area contributed by atoms with Crippen molar-refractivity contribution in [2.75, 3.05) is 7.11 Å². The minimum atomic E-state index is -0.0718. The highest BCUT2D eigenvalue weighted by atomic mass is 79.9. The number of ether oxygens (including phenoxy) is 1. The SMILES string of the molecule is COc1ccc(Br)c(C(=O)c2ccc(Cl)cc2)c1. The second-order valence-corrected chi connectivity index (χ2v) is 4.97. The van der Waals surface area contributed by atoms with Gasteiger partial charge in [-0.25, -0.2) is 0 Å². The lowest BCUT2D eigenvalue weighted by atomic mass is 10.0. The van der Waals surface area contributed by atoms with Crippen molar-refractivity contribution in [3.05, 3.63) is 63.1 Å². The van der Waals surface area contributed by atoms with Gasteiger partial charge in [-0.1, -0.05) is 27.5 Å². The van der Waals surface area contributed by atoms with Crippen molar-refractivity contribution in [2.24, 2.45) is 0 Å². The third kappa shape index (κ3) is 2.74. The maximum atomic E-state index is 12.3. The molecule has 0 unspecified atom stereocenters. The van der Waals surface area contributed by atoms with Crippen LogP contribution >= 0.6 is 27.5 Å². The molecule has 0 atom stereocenters. The standard InChI is InChI=1S/C14H10BrClO2/c1-18-11-6-7-13(15)12(8-11)14(17)9-2-4-10(16)5-3-9/h2-8H,1H3. The van der Waals surface area contributed by atoms with Crippen molar-refractivity contribution in [1.82, 2.24) is 0 Å². The molecule has 0 fully saturated rings. The van der Waals surface area contributed by atoms with Gasteiger partial charge in [0.25, 0.3) is 0 Å². The molecule has 0 bridgehead atoms. The molecule has 0 saturated heterocycles. The van der Waals surface area contributed by atoms with Crippen molar-refractivity contribution in [1.29, 1.82) is 0 Å². The van der Waals surface area contributed by atoms with E-state index in [4.69, 9.17) is 16.3 Å². The Kier molecular flexibility index (Phi) is 4.04. The van der Waals surface area contributed by atoms with E-state index in [0.717, 1.165) is 4.47 Å². The van der Waals surface area contributed by atoms with E-state index in [2.05, 4.69) is 15.9 Å². The molecule has 0 aromatic heterocycles. The predicted molar refractivity (Wildman–Crippen MR) is 75.6 cm³/mol. The molecule has 2 nitrogen and oxygen atoms in total. The first-order valence-electron chi connectivity index (χ1n) is 5.25. The highest BCUT2D eigenvalue weighted by Gasteiger charge is 2.13. The summed E-state index contributed by atoms with van der Waals surface area (Å²) in [5.41, 5.74) is 1.16. The topological polar surface area (TPSA) is 26.3 Å². The molecular weight excluding hydrogens is 316 g/mol. The van der Waals surface area contributed by atoms with Crippen LogP contribution in [0, 0.1) is 0 Å². The lowest BCUT2D eigenvalue weighted by Gasteiger charge is -2.06. The average molecular weight is 326 g/mol. The maximum Gasteiger partial charge on any atom is 0.194 e. The lowest BCUT2D eigenvalue weighted by molar-refractivity contribution is 0.103. The van der Waals surface area contributed by atoms with E-state index in [9.17, 15) is 4.79 Å². The van der Waals surface area contributed by atoms with Gasteiger partial charge in [0.2, 0.25) is 0 Å². The fourth-order valence-electron chi connectivity index (χ4n) is 1.56. The first kappa shape index (κ1) is 13.1. The van der Waals surface area contributed by atoms with Gasteiger partial charge < -0.3 is 4.74 Å². The van der Waals surface area contributed by atoms with Gasteiger partial charge >= 0.3 is 0 Å². The lowest BCUT2D eigenvalue weighted by Crippen LogP contribution is -2.02. The van der Waals surface area contributed by atoms with Gasteiger partial charge in [0.05, 0.1) is 7.11 Å². The summed E-state index contributed by atoms with van der Waals surface area (Å²) in [4.78, 5) is 12.3. The average Bonchev–Trinajstić information content (AvgIpc) is 2.39. The number of hydrogen-bond acceptors (Lipinski definition) is 2. The van der Waals surface area contributed by atoms with Crippen LogP contribution < -0.4 is 4.74 Å². The third-order valence-electron chi connectivity index (χ3n) is 2.52. The number of hydrogen-bond donors (Lipinski definition) is 0. The van der Waals surface area contributed by atoms with Gasteiger partial charge in [-0.05, 0) is 42.5 Å². The molecule has 0 aliphatic heterocycles. The Morgan fingerprint density at radius 1 is 1.17 bits per heavy atom. The maximum absolute atomic E-state index is 12.3. The fourth-order valence-corrected chi connectivity index (χ4v) is 2.11. The van der Waals surface area contributed by atoms with Crippen LogP contribution in [-0.4, -0.2) is 12.9 Å². The van der Waals surface area contributed by atoms with E-state index in [0.29, 0.717) is 21.9 Å². The van der Waals surface area contributed by atoms with Crippen LogP contribution in [0.2, 0.25) is 5.02 Å². The summed E-state index contributed by atoms with van der Waals surface area (Å²) >= 11 is 9.17. The molecule has 18 heavy (non-hydrogen) atoms. The molecule has 0 heterocycles. The Labute approximate surface area is 119 Å². The number of carbonyl (C=O) groups is 1. The van der Waals surface area contributed by atoms with Gasteiger partial charge in [0.15, 0.2) is 5.78 Å². The quantitative estimate of drug-likeness (QED) is 0.785. The van der Waals surface area contributed by atoms with E-state index < -0.39 is 0 Å². The molecule has 0 amide bonds. The summed E-state index contributed by atoms with van der Waals surface area (Å²) in [5.74, 6) is 0.577. The molecule has 2 aromatic carbocycles. The predicted octanol–water partition coefficient (Wildman–Crippen LogP) is 4.34.